The van der Waals surface area contributed by atoms with Crippen molar-refractivity contribution in [3.63, 3.8) is 0 Å². The number of hydrogen-bond acceptors (Lipinski definition) is 4. The minimum atomic E-state index is 0.654. The maximum absolute atomic E-state index is 5.63. The predicted molar refractivity (Wildman–Crippen MR) is 68.6 cm³/mol. The molecule has 0 radical (unpaired) electrons. The molecule has 4 nitrogen and oxygen atoms in total. The van der Waals surface area contributed by atoms with Gasteiger partial charge in [0.15, 0.2) is 5.82 Å². The van der Waals surface area contributed by atoms with Crippen LogP contribution in [0.15, 0.2) is 4.52 Å². The van der Waals surface area contributed by atoms with Crippen LogP contribution < -0.4 is 5.73 Å². The van der Waals surface area contributed by atoms with E-state index >= 15 is 0 Å². The Morgan fingerprint density at radius 2 is 2.00 bits per heavy atom. The van der Waals surface area contributed by atoms with Crippen LogP contribution >= 0.6 is 0 Å². The normalized spacial score (nSPS) is 13.2. The maximum atomic E-state index is 5.63. The highest BCUT2D eigenvalue weighted by molar-refractivity contribution is 4.87. The van der Waals surface area contributed by atoms with Gasteiger partial charge in [0.25, 0.3) is 0 Å². The minimum Gasteiger partial charge on any atom is -0.339 e. The van der Waals surface area contributed by atoms with Gasteiger partial charge in [0.05, 0.1) is 0 Å². The fourth-order valence-corrected chi connectivity index (χ4v) is 2.05. The van der Waals surface area contributed by atoms with Gasteiger partial charge in [-0.25, -0.2) is 0 Å². The van der Waals surface area contributed by atoms with Gasteiger partial charge < -0.3 is 10.3 Å². The van der Waals surface area contributed by atoms with Crippen LogP contribution in [0.3, 0.4) is 0 Å². The van der Waals surface area contributed by atoms with E-state index in [4.69, 9.17) is 10.3 Å². The number of aryl methyl sites for hydroxylation is 2. The highest BCUT2D eigenvalue weighted by Gasteiger charge is 2.14. The van der Waals surface area contributed by atoms with Gasteiger partial charge in [-0.05, 0) is 37.6 Å². The van der Waals surface area contributed by atoms with Gasteiger partial charge in [0.2, 0.25) is 5.89 Å². The third-order valence-corrected chi connectivity index (χ3v) is 3.19. The van der Waals surface area contributed by atoms with E-state index < -0.39 is 0 Å². The van der Waals surface area contributed by atoms with Crippen LogP contribution in [0.2, 0.25) is 0 Å². The van der Waals surface area contributed by atoms with E-state index in [1.165, 1.54) is 0 Å². The first-order chi connectivity index (χ1) is 8.17. The van der Waals surface area contributed by atoms with Crippen LogP contribution in [0.25, 0.3) is 0 Å². The van der Waals surface area contributed by atoms with Crippen LogP contribution in [0, 0.1) is 11.8 Å². The molecule has 0 aliphatic heterocycles. The molecule has 1 heterocycles. The topological polar surface area (TPSA) is 64.9 Å². The molecule has 0 spiro atoms. The Morgan fingerprint density at radius 1 is 1.24 bits per heavy atom. The molecule has 1 atom stereocenters. The summed E-state index contributed by atoms with van der Waals surface area (Å²) < 4.78 is 5.23. The van der Waals surface area contributed by atoms with Crippen LogP contribution in [0.1, 0.15) is 51.7 Å². The van der Waals surface area contributed by atoms with Crippen molar-refractivity contribution >= 4 is 0 Å². The molecule has 0 saturated heterocycles. The van der Waals surface area contributed by atoms with Crippen molar-refractivity contribution in [2.24, 2.45) is 17.6 Å². The molecule has 1 rings (SSSR count). The fourth-order valence-electron chi connectivity index (χ4n) is 2.05. The molecule has 1 aromatic rings. The summed E-state index contributed by atoms with van der Waals surface area (Å²) >= 11 is 0. The summed E-state index contributed by atoms with van der Waals surface area (Å²) in [6.07, 6.45) is 5.00. The lowest BCUT2D eigenvalue weighted by molar-refractivity contribution is 0.312. The van der Waals surface area contributed by atoms with Crippen LogP contribution in [-0.2, 0) is 12.8 Å². The number of rotatable bonds is 8. The summed E-state index contributed by atoms with van der Waals surface area (Å²) in [5, 5.41) is 3.96. The Balaban J connectivity index is 2.41. The lowest BCUT2D eigenvalue weighted by atomic mass is 9.88. The number of hydrogen-bond donors (Lipinski definition) is 1. The molecule has 2 N–H and O–H groups in total. The summed E-state index contributed by atoms with van der Waals surface area (Å²) in [5.74, 6) is 2.93. The van der Waals surface area contributed by atoms with Gasteiger partial charge in [-0.15, -0.1) is 0 Å². The molecule has 4 heteroatoms. The van der Waals surface area contributed by atoms with Gasteiger partial charge in [0.1, 0.15) is 0 Å². The molecule has 0 aliphatic carbocycles. The number of nitrogens with two attached hydrogens (primary N) is 1. The highest BCUT2D eigenvalue weighted by Crippen LogP contribution is 2.20. The van der Waals surface area contributed by atoms with E-state index in [9.17, 15) is 0 Å². The van der Waals surface area contributed by atoms with E-state index in [2.05, 4.69) is 30.9 Å². The van der Waals surface area contributed by atoms with Crippen molar-refractivity contribution in [3.05, 3.63) is 11.7 Å². The smallest absolute Gasteiger partial charge is 0.226 e. The molecule has 0 bridgehead atoms. The second-order valence-corrected chi connectivity index (χ2v) is 4.97. The Kier molecular flexibility index (Phi) is 6.19. The van der Waals surface area contributed by atoms with E-state index in [1.54, 1.807) is 0 Å². The van der Waals surface area contributed by atoms with Gasteiger partial charge in [-0.3, -0.25) is 0 Å². The Hall–Kier alpha value is -0.900. The monoisotopic (exact) mass is 239 g/mol. The van der Waals surface area contributed by atoms with Gasteiger partial charge >= 0.3 is 0 Å². The summed E-state index contributed by atoms with van der Waals surface area (Å²) in [5.41, 5.74) is 5.63. The van der Waals surface area contributed by atoms with E-state index in [1.807, 2.05) is 0 Å². The van der Waals surface area contributed by atoms with Crippen molar-refractivity contribution in [2.45, 2.75) is 52.9 Å². The average molecular weight is 239 g/mol. The van der Waals surface area contributed by atoms with Crippen molar-refractivity contribution in [3.8, 4) is 0 Å². The van der Waals surface area contributed by atoms with Crippen LogP contribution in [0.4, 0.5) is 0 Å². The predicted octanol–water partition coefficient (Wildman–Crippen LogP) is 2.58. The first-order valence-electron chi connectivity index (χ1n) is 6.68. The van der Waals surface area contributed by atoms with Crippen molar-refractivity contribution in [2.75, 3.05) is 6.54 Å². The molecule has 17 heavy (non-hydrogen) atoms. The zero-order chi connectivity index (χ0) is 12.7. The highest BCUT2D eigenvalue weighted by atomic mass is 16.5. The molecule has 0 aliphatic rings. The summed E-state index contributed by atoms with van der Waals surface area (Å²) in [4.78, 5) is 4.38. The zero-order valence-corrected chi connectivity index (χ0v) is 11.3. The molecule has 1 unspecified atom stereocenters. The first kappa shape index (κ1) is 14.2. The largest absolute Gasteiger partial charge is 0.339 e. The quantitative estimate of drug-likeness (QED) is 0.757. The van der Waals surface area contributed by atoms with Crippen LogP contribution in [0.5, 0.6) is 0 Å². The van der Waals surface area contributed by atoms with E-state index in [0.29, 0.717) is 11.8 Å². The Labute approximate surface area is 104 Å². The lowest BCUT2D eigenvalue weighted by Crippen LogP contribution is -2.15. The van der Waals surface area contributed by atoms with Crippen molar-refractivity contribution in [1.82, 2.24) is 10.1 Å². The molecule has 1 aromatic heterocycles. The molecule has 0 amide bonds. The number of nitrogens with zero attached hydrogens (tertiary/aromatic N) is 2. The standard InChI is InChI=1S/C13H25N3O/c1-4-5-12-15-13(17-16-12)7-6-11(8-9-14)10(2)3/h10-11H,4-9,14H2,1-3H3. The molecule has 0 saturated carbocycles. The third-order valence-electron chi connectivity index (χ3n) is 3.19. The second kappa shape index (κ2) is 7.43. The maximum Gasteiger partial charge on any atom is 0.226 e. The summed E-state index contributed by atoms with van der Waals surface area (Å²) in [7, 11) is 0. The van der Waals surface area contributed by atoms with Crippen molar-refractivity contribution in [1.29, 1.82) is 0 Å². The minimum absolute atomic E-state index is 0.654. The van der Waals surface area contributed by atoms with Gasteiger partial charge in [0, 0.05) is 12.8 Å². The van der Waals surface area contributed by atoms with Gasteiger partial charge in [-0.1, -0.05) is 25.9 Å². The molecule has 0 fully saturated rings. The Bertz CT molecular complexity index is 309. The molecule has 98 valence electrons. The third kappa shape index (κ3) is 4.86. The molecule has 0 aromatic carbocycles. The lowest BCUT2D eigenvalue weighted by Gasteiger charge is -2.18. The summed E-state index contributed by atoms with van der Waals surface area (Å²) in [6.45, 7) is 7.37. The molecular formula is C13H25N3O. The van der Waals surface area contributed by atoms with E-state index in [-0.39, 0.29) is 0 Å². The van der Waals surface area contributed by atoms with E-state index in [0.717, 1.165) is 50.4 Å². The second-order valence-electron chi connectivity index (χ2n) is 4.97. The first-order valence-corrected chi connectivity index (χ1v) is 6.68. The van der Waals surface area contributed by atoms with Crippen LogP contribution in [-0.4, -0.2) is 16.7 Å². The van der Waals surface area contributed by atoms with Crippen molar-refractivity contribution < 1.29 is 4.52 Å². The fraction of sp³-hybridized carbons (Fsp3) is 0.846. The zero-order valence-electron chi connectivity index (χ0n) is 11.3. The molecular weight excluding hydrogens is 214 g/mol. The average Bonchev–Trinajstić information content (AvgIpc) is 2.72. The summed E-state index contributed by atoms with van der Waals surface area (Å²) in [6, 6.07) is 0. The SMILES string of the molecule is CCCc1noc(CCC(CCN)C(C)C)n1. The Morgan fingerprint density at radius 3 is 2.59 bits per heavy atom. The number of aromatic nitrogens is 2. The van der Waals surface area contributed by atoms with Gasteiger partial charge in [-0.2, -0.15) is 4.98 Å².